The second kappa shape index (κ2) is 4.84. The molecule has 0 bridgehead atoms. The zero-order valence-corrected chi connectivity index (χ0v) is 9.80. The van der Waals surface area contributed by atoms with Crippen molar-refractivity contribution in [3.8, 4) is 0 Å². The van der Waals surface area contributed by atoms with Gasteiger partial charge in [0.25, 0.3) is 5.56 Å². The maximum atomic E-state index is 13.1. The van der Waals surface area contributed by atoms with Crippen LogP contribution in [0.1, 0.15) is 5.37 Å². The monoisotopic (exact) mass is 278 g/mol. The molecule has 18 heavy (non-hydrogen) atoms. The lowest BCUT2D eigenvalue weighted by Gasteiger charge is -2.17. The van der Waals surface area contributed by atoms with E-state index in [9.17, 15) is 24.2 Å². The predicted molar refractivity (Wildman–Crippen MR) is 60.8 cm³/mol. The average molecular weight is 278 g/mol. The quantitative estimate of drug-likeness (QED) is 0.497. The molecule has 1 aromatic heterocycles. The van der Waals surface area contributed by atoms with Gasteiger partial charge in [0.05, 0.1) is 24.2 Å². The van der Waals surface area contributed by atoms with Crippen LogP contribution in [0.5, 0.6) is 0 Å². The van der Waals surface area contributed by atoms with Crippen LogP contribution in [-0.4, -0.2) is 48.9 Å². The molecule has 0 amide bonds. The van der Waals surface area contributed by atoms with E-state index in [-0.39, 0.29) is 6.61 Å². The summed E-state index contributed by atoms with van der Waals surface area (Å²) in [5.41, 5.74) is -2.03. The Labute approximate surface area is 104 Å². The van der Waals surface area contributed by atoms with Crippen LogP contribution < -0.4 is 11.2 Å². The highest BCUT2D eigenvalue weighted by atomic mass is 32.2. The minimum atomic E-state index is -1.34. The number of nitrogens with zero attached hydrogens (tertiary/aromatic N) is 1. The van der Waals surface area contributed by atoms with Gasteiger partial charge in [-0.15, -0.1) is 11.8 Å². The molecule has 100 valence electrons. The fraction of sp³-hybridized carbons (Fsp3) is 0.556. The van der Waals surface area contributed by atoms with Crippen LogP contribution in [0.4, 0.5) is 4.39 Å². The van der Waals surface area contributed by atoms with Crippen LogP contribution >= 0.6 is 11.8 Å². The number of hydrogen-bond acceptors (Lipinski definition) is 6. The minimum Gasteiger partial charge on any atom is -0.395 e. The zero-order valence-electron chi connectivity index (χ0n) is 8.99. The van der Waals surface area contributed by atoms with E-state index >= 15 is 0 Å². The second-order valence-corrected chi connectivity index (χ2v) is 5.23. The smallest absolute Gasteiger partial charge is 0.329 e. The standard InChI is InChI=1S/C9H11FN2O5S/c10-3-1-12(9(17)11-7(3)16)8-6(15)5(14)4(2-13)18-8/h1,4-6,8,13-15H,2H2,(H,11,16,17)/t4-,5-,6+,8-/m1/s1. The van der Waals surface area contributed by atoms with Crippen molar-refractivity contribution < 1.29 is 19.7 Å². The Hall–Kier alpha value is -1.16. The number of aliphatic hydroxyl groups is 3. The fourth-order valence-corrected chi connectivity index (χ4v) is 3.14. The maximum Gasteiger partial charge on any atom is 0.329 e. The van der Waals surface area contributed by atoms with Gasteiger partial charge in [-0.2, -0.15) is 4.39 Å². The summed E-state index contributed by atoms with van der Waals surface area (Å²) in [5, 5.41) is 26.7. The van der Waals surface area contributed by atoms with Gasteiger partial charge in [0.2, 0.25) is 5.82 Å². The van der Waals surface area contributed by atoms with E-state index in [1.165, 1.54) is 0 Å². The van der Waals surface area contributed by atoms with Crippen molar-refractivity contribution in [1.29, 1.82) is 0 Å². The number of aromatic amines is 1. The molecular formula is C9H11FN2O5S. The summed E-state index contributed by atoms with van der Waals surface area (Å²) in [6.45, 7) is -0.389. The summed E-state index contributed by atoms with van der Waals surface area (Å²) in [7, 11) is 0. The molecule has 0 aliphatic carbocycles. The Bertz CT molecular complexity index is 559. The first-order valence-electron chi connectivity index (χ1n) is 5.09. The summed E-state index contributed by atoms with van der Waals surface area (Å²) >= 11 is 0.933. The largest absolute Gasteiger partial charge is 0.395 e. The Morgan fingerprint density at radius 2 is 2.06 bits per heavy atom. The molecule has 1 aliphatic heterocycles. The lowest BCUT2D eigenvalue weighted by Crippen LogP contribution is -2.38. The van der Waals surface area contributed by atoms with E-state index in [1.807, 2.05) is 0 Å². The van der Waals surface area contributed by atoms with E-state index < -0.39 is 39.9 Å². The molecule has 9 heteroatoms. The lowest BCUT2D eigenvalue weighted by atomic mass is 10.1. The minimum absolute atomic E-state index is 0.389. The Morgan fingerprint density at radius 1 is 1.39 bits per heavy atom. The first kappa shape index (κ1) is 13.3. The zero-order chi connectivity index (χ0) is 13.4. The Morgan fingerprint density at radius 3 is 2.61 bits per heavy atom. The van der Waals surface area contributed by atoms with Gasteiger partial charge in [-0.1, -0.05) is 0 Å². The molecule has 1 aromatic rings. The molecule has 0 spiro atoms. The number of H-pyrrole nitrogens is 1. The van der Waals surface area contributed by atoms with Crippen molar-refractivity contribution in [1.82, 2.24) is 9.55 Å². The molecule has 2 heterocycles. The fourth-order valence-electron chi connectivity index (χ4n) is 1.76. The number of hydrogen-bond donors (Lipinski definition) is 4. The number of thioether (sulfide) groups is 1. The van der Waals surface area contributed by atoms with Crippen LogP contribution in [0, 0.1) is 5.82 Å². The molecule has 0 unspecified atom stereocenters. The number of aliphatic hydroxyl groups excluding tert-OH is 3. The van der Waals surface area contributed by atoms with E-state index in [1.54, 1.807) is 4.98 Å². The molecule has 1 fully saturated rings. The van der Waals surface area contributed by atoms with Crippen molar-refractivity contribution in [2.45, 2.75) is 22.8 Å². The van der Waals surface area contributed by atoms with E-state index in [0.29, 0.717) is 6.20 Å². The van der Waals surface area contributed by atoms with Gasteiger partial charge in [-0.25, -0.2) is 4.79 Å². The third-order valence-corrected chi connectivity index (χ3v) is 4.28. The van der Waals surface area contributed by atoms with E-state index in [2.05, 4.69) is 0 Å². The first-order valence-corrected chi connectivity index (χ1v) is 6.03. The molecule has 0 aromatic carbocycles. The lowest BCUT2D eigenvalue weighted by molar-refractivity contribution is 0.00997. The van der Waals surface area contributed by atoms with Gasteiger partial charge >= 0.3 is 5.69 Å². The van der Waals surface area contributed by atoms with Gasteiger partial charge in [0.15, 0.2) is 0 Å². The summed E-state index contributed by atoms with van der Waals surface area (Å²) in [6.07, 6.45) is -1.89. The van der Waals surface area contributed by atoms with E-state index in [0.717, 1.165) is 16.3 Å². The molecule has 4 N–H and O–H groups in total. The molecule has 2 rings (SSSR count). The highest BCUT2D eigenvalue weighted by Crippen LogP contribution is 2.40. The van der Waals surface area contributed by atoms with Crippen LogP contribution in [0.15, 0.2) is 15.8 Å². The van der Waals surface area contributed by atoms with Gasteiger partial charge in [-0.05, 0) is 0 Å². The molecule has 4 atom stereocenters. The summed E-state index contributed by atoms with van der Waals surface area (Å²) in [5.74, 6) is -1.16. The van der Waals surface area contributed by atoms with Crippen LogP contribution in [0.25, 0.3) is 0 Å². The van der Waals surface area contributed by atoms with Gasteiger partial charge in [0.1, 0.15) is 11.5 Å². The second-order valence-electron chi connectivity index (χ2n) is 3.87. The van der Waals surface area contributed by atoms with Crippen LogP contribution in [-0.2, 0) is 0 Å². The Balaban J connectivity index is 2.42. The van der Waals surface area contributed by atoms with Crippen molar-refractivity contribution >= 4 is 11.8 Å². The molecular weight excluding hydrogens is 267 g/mol. The van der Waals surface area contributed by atoms with Crippen LogP contribution in [0.3, 0.4) is 0 Å². The normalized spacial score (nSPS) is 31.8. The van der Waals surface area contributed by atoms with Gasteiger partial charge in [0, 0.05) is 0 Å². The molecule has 0 radical (unpaired) electrons. The topological polar surface area (TPSA) is 116 Å². The SMILES string of the molecule is O=c1[nH]c(=O)n([C@@H]2S[C@H](CO)[C@@H](O)[C@@H]2O)cc1F. The molecule has 1 saturated heterocycles. The van der Waals surface area contributed by atoms with Crippen LogP contribution in [0.2, 0.25) is 0 Å². The average Bonchev–Trinajstić information content (AvgIpc) is 2.61. The maximum absolute atomic E-state index is 13.1. The predicted octanol–water partition coefficient (Wildman–Crippen LogP) is -2.00. The van der Waals surface area contributed by atoms with E-state index in [4.69, 9.17) is 5.11 Å². The number of nitrogens with one attached hydrogen (secondary N) is 1. The van der Waals surface area contributed by atoms with Gasteiger partial charge in [-0.3, -0.25) is 14.3 Å². The molecule has 1 aliphatic rings. The molecule has 7 nitrogen and oxygen atoms in total. The number of rotatable bonds is 2. The van der Waals surface area contributed by atoms with Crippen molar-refractivity contribution in [2.24, 2.45) is 0 Å². The summed E-state index contributed by atoms with van der Waals surface area (Å²) in [6, 6.07) is 0. The van der Waals surface area contributed by atoms with Gasteiger partial charge < -0.3 is 15.3 Å². The highest BCUT2D eigenvalue weighted by molar-refractivity contribution is 8.00. The first-order chi connectivity index (χ1) is 8.45. The van der Waals surface area contributed by atoms with Crippen molar-refractivity contribution in [2.75, 3.05) is 6.61 Å². The van der Waals surface area contributed by atoms with Crippen molar-refractivity contribution in [3.05, 3.63) is 32.9 Å². The summed E-state index contributed by atoms with van der Waals surface area (Å²) in [4.78, 5) is 24.1. The highest BCUT2D eigenvalue weighted by Gasteiger charge is 2.43. The molecule has 0 saturated carbocycles. The number of aromatic nitrogens is 2. The summed E-state index contributed by atoms with van der Waals surface area (Å²) < 4.78 is 13.9. The third kappa shape index (κ3) is 2.09. The number of halogens is 1. The third-order valence-electron chi connectivity index (χ3n) is 2.72. The van der Waals surface area contributed by atoms with Crippen molar-refractivity contribution in [3.63, 3.8) is 0 Å². The Kier molecular flexibility index (Phi) is 3.57.